The summed E-state index contributed by atoms with van der Waals surface area (Å²) in [6.07, 6.45) is 1.22. The fraction of sp³-hybridized carbons (Fsp3) is 0.667. The number of hydrogen-bond acceptors (Lipinski definition) is 5. The smallest absolute Gasteiger partial charge is 0.224 e. The summed E-state index contributed by atoms with van der Waals surface area (Å²) in [5, 5.41) is 6.42. The zero-order chi connectivity index (χ0) is 12.7. The van der Waals surface area contributed by atoms with Crippen LogP contribution in [0.25, 0.3) is 0 Å². The molecule has 5 heteroatoms. The van der Waals surface area contributed by atoms with Gasteiger partial charge < -0.3 is 15.4 Å². The maximum Gasteiger partial charge on any atom is 0.224 e. The number of nitrogens with one attached hydrogen (secondary N) is 2. The lowest BCUT2D eigenvalue weighted by atomic mass is 10.3. The van der Waals surface area contributed by atoms with Crippen molar-refractivity contribution in [3.05, 3.63) is 11.8 Å². The van der Waals surface area contributed by atoms with Crippen molar-refractivity contribution in [3.8, 4) is 0 Å². The average Bonchev–Trinajstić information content (AvgIpc) is 2.32. The van der Waals surface area contributed by atoms with Gasteiger partial charge in [0.05, 0.1) is 6.10 Å². The van der Waals surface area contributed by atoms with E-state index < -0.39 is 0 Å². The molecule has 0 aliphatic rings. The molecule has 1 heterocycles. The standard InChI is InChI=1S/C12H22N4O/c1-5-6-13-12-15-9(2)7-11(16-12)14-8-10(3)17-4/h7,10H,5-6,8H2,1-4H3,(H2,13,14,15,16). The van der Waals surface area contributed by atoms with Gasteiger partial charge in [-0.1, -0.05) is 6.92 Å². The second-order valence-electron chi connectivity index (χ2n) is 4.07. The second-order valence-corrected chi connectivity index (χ2v) is 4.07. The third-order valence-electron chi connectivity index (χ3n) is 2.36. The topological polar surface area (TPSA) is 59.1 Å². The maximum absolute atomic E-state index is 5.18. The zero-order valence-electron chi connectivity index (χ0n) is 11.1. The predicted octanol–water partition coefficient (Wildman–Crippen LogP) is 2.05. The summed E-state index contributed by atoms with van der Waals surface area (Å²) in [7, 11) is 1.70. The first kappa shape index (κ1) is 13.7. The number of rotatable bonds is 7. The summed E-state index contributed by atoms with van der Waals surface area (Å²) in [6, 6.07) is 1.93. The molecule has 0 bridgehead atoms. The molecule has 0 fully saturated rings. The van der Waals surface area contributed by atoms with Crippen molar-refractivity contribution in [2.45, 2.75) is 33.3 Å². The minimum atomic E-state index is 0.164. The molecular formula is C12H22N4O. The second kappa shape index (κ2) is 7.06. The SMILES string of the molecule is CCCNc1nc(C)cc(NCC(C)OC)n1. The van der Waals surface area contributed by atoms with Gasteiger partial charge in [-0.15, -0.1) is 0 Å². The quantitative estimate of drug-likeness (QED) is 0.761. The first-order valence-corrected chi connectivity index (χ1v) is 6.02. The van der Waals surface area contributed by atoms with Gasteiger partial charge in [-0.2, -0.15) is 4.98 Å². The summed E-state index contributed by atoms with van der Waals surface area (Å²) in [6.45, 7) is 7.71. The Morgan fingerprint density at radius 3 is 2.76 bits per heavy atom. The van der Waals surface area contributed by atoms with E-state index in [0.29, 0.717) is 5.95 Å². The molecule has 0 saturated heterocycles. The lowest BCUT2D eigenvalue weighted by Crippen LogP contribution is -2.19. The highest BCUT2D eigenvalue weighted by molar-refractivity contribution is 5.42. The minimum absolute atomic E-state index is 0.164. The number of aromatic nitrogens is 2. The highest BCUT2D eigenvalue weighted by Gasteiger charge is 2.03. The molecule has 2 N–H and O–H groups in total. The van der Waals surface area contributed by atoms with Gasteiger partial charge in [0, 0.05) is 32.0 Å². The Morgan fingerprint density at radius 1 is 1.35 bits per heavy atom. The summed E-state index contributed by atoms with van der Waals surface area (Å²) >= 11 is 0. The van der Waals surface area contributed by atoms with Gasteiger partial charge in [0.2, 0.25) is 5.95 Å². The Hall–Kier alpha value is -1.36. The van der Waals surface area contributed by atoms with E-state index in [1.165, 1.54) is 0 Å². The first-order chi connectivity index (χ1) is 8.15. The predicted molar refractivity (Wildman–Crippen MR) is 70.5 cm³/mol. The Morgan fingerprint density at radius 2 is 2.12 bits per heavy atom. The van der Waals surface area contributed by atoms with Crippen LogP contribution in [0.15, 0.2) is 6.07 Å². The van der Waals surface area contributed by atoms with Crippen molar-refractivity contribution in [1.29, 1.82) is 0 Å². The van der Waals surface area contributed by atoms with Crippen molar-refractivity contribution in [2.24, 2.45) is 0 Å². The summed E-state index contributed by atoms with van der Waals surface area (Å²) in [4.78, 5) is 8.71. The molecule has 1 unspecified atom stereocenters. The molecule has 17 heavy (non-hydrogen) atoms. The minimum Gasteiger partial charge on any atom is -0.380 e. The number of aryl methyl sites for hydroxylation is 1. The Kier molecular flexibility index (Phi) is 5.69. The van der Waals surface area contributed by atoms with Crippen LogP contribution in [0, 0.1) is 6.92 Å². The number of nitrogens with zero attached hydrogens (tertiary/aromatic N) is 2. The van der Waals surface area contributed by atoms with Gasteiger partial charge in [-0.05, 0) is 20.3 Å². The molecule has 5 nitrogen and oxygen atoms in total. The molecular weight excluding hydrogens is 216 g/mol. The van der Waals surface area contributed by atoms with Gasteiger partial charge in [0.1, 0.15) is 5.82 Å². The Bertz CT molecular complexity index is 343. The zero-order valence-corrected chi connectivity index (χ0v) is 11.1. The van der Waals surface area contributed by atoms with Gasteiger partial charge >= 0.3 is 0 Å². The van der Waals surface area contributed by atoms with E-state index in [1.807, 2.05) is 19.9 Å². The molecule has 1 atom stereocenters. The fourth-order valence-corrected chi connectivity index (χ4v) is 1.31. The summed E-state index contributed by atoms with van der Waals surface area (Å²) < 4.78 is 5.18. The third-order valence-corrected chi connectivity index (χ3v) is 2.36. The lowest BCUT2D eigenvalue weighted by molar-refractivity contribution is 0.128. The first-order valence-electron chi connectivity index (χ1n) is 6.02. The number of hydrogen-bond donors (Lipinski definition) is 2. The number of ether oxygens (including phenoxy) is 1. The van der Waals surface area contributed by atoms with Crippen molar-refractivity contribution >= 4 is 11.8 Å². The van der Waals surface area contributed by atoms with Crippen molar-refractivity contribution < 1.29 is 4.74 Å². The number of anilines is 2. The molecule has 1 aromatic rings. The van der Waals surface area contributed by atoms with Gasteiger partial charge in [-0.25, -0.2) is 4.98 Å². The van der Waals surface area contributed by atoms with Crippen LogP contribution in [-0.2, 0) is 4.74 Å². The van der Waals surface area contributed by atoms with Gasteiger partial charge in [-0.3, -0.25) is 0 Å². The third kappa shape index (κ3) is 4.99. The van der Waals surface area contributed by atoms with E-state index in [9.17, 15) is 0 Å². The van der Waals surface area contributed by atoms with Gasteiger partial charge in [0.25, 0.3) is 0 Å². The van der Waals surface area contributed by atoms with Crippen LogP contribution in [0.3, 0.4) is 0 Å². The van der Waals surface area contributed by atoms with Gasteiger partial charge in [0.15, 0.2) is 0 Å². The average molecular weight is 238 g/mol. The van der Waals surface area contributed by atoms with Crippen molar-refractivity contribution in [3.63, 3.8) is 0 Å². The highest BCUT2D eigenvalue weighted by atomic mass is 16.5. The molecule has 0 amide bonds. The van der Waals surface area contributed by atoms with Crippen LogP contribution in [-0.4, -0.2) is 36.3 Å². The molecule has 1 aromatic heterocycles. The lowest BCUT2D eigenvalue weighted by Gasteiger charge is -2.12. The highest BCUT2D eigenvalue weighted by Crippen LogP contribution is 2.09. The molecule has 0 saturated carbocycles. The summed E-state index contributed by atoms with van der Waals surface area (Å²) in [5.74, 6) is 1.51. The van der Waals surface area contributed by atoms with E-state index in [-0.39, 0.29) is 6.10 Å². The van der Waals surface area contributed by atoms with Crippen molar-refractivity contribution in [1.82, 2.24) is 9.97 Å². The molecule has 0 aliphatic heterocycles. The van der Waals surface area contributed by atoms with Crippen LogP contribution >= 0.6 is 0 Å². The van der Waals surface area contributed by atoms with Crippen LogP contribution in [0.5, 0.6) is 0 Å². The van der Waals surface area contributed by atoms with Crippen LogP contribution in [0.1, 0.15) is 26.0 Å². The molecule has 96 valence electrons. The molecule has 0 aliphatic carbocycles. The molecule has 0 radical (unpaired) electrons. The van der Waals surface area contributed by atoms with E-state index in [2.05, 4.69) is 27.5 Å². The largest absolute Gasteiger partial charge is 0.380 e. The Labute approximate surface area is 103 Å². The maximum atomic E-state index is 5.18. The summed E-state index contributed by atoms with van der Waals surface area (Å²) in [5.41, 5.74) is 0.950. The molecule has 1 rings (SSSR count). The van der Waals surface area contributed by atoms with E-state index in [0.717, 1.165) is 31.0 Å². The van der Waals surface area contributed by atoms with Crippen LogP contribution in [0.4, 0.5) is 11.8 Å². The Balaban J connectivity index is 2.61. The van der Waals surface area contributed by atoms with E-state index >= 15 is 0 Å². The van der Waals surface area contributed by atoms with E-state index in [1.54, 1.807) is 7.11 Å². The van der Waals surface area contributed by atoms with Crippen molar-refractivity contribution in [2.75, 3.05) is 30.8 Å². The van der Waals surface area contributed by atoms with Crippen LogP contribution in [0.2, 0.25) is 0 Å². The molecule has 0 spiro atoms. The normalized spacial score (nSPS) is 12.2. The number of methoxy groups -OCH3 is 1. The van der Waals surface area contributed by atoms with E-state index in [4.69, 9.17) is 4.74 Å². The fourth-order valence-electron chi connectivity index (χ4n) is 1.31. The van der Waals surface area contributed by atoms with Crippen LogP contribution < -0.4 is 10.6 Å². The molecule has 0 aromatic carbocycles. The monoisotopic (exact) mass is 238 g/mol.